The highest BCUT2D eigenvalue weighted by Gasteiger charge is 2.29. The van der Waals surface area contributed by atoms with Gasteiger partial charge in [0.15, 0.2) is 0 Å². The molecule has 5 nitrogen and oxygen atoms in total. The molecule has 1 amide bonds. The predicted octanol–water partition coefficient (Wildman–Crippen LogP) is 1.66. The minimum absolute atomic E-state index is 0.0260. The Morgan fingerprint density at radius 1 is 1.57 bits per heavy atom. The molecular weight excluding hydrogens is 295 g/mol. The molecule has 116 valence electrons. The summed E-state index contributed by atoms with van der Waals surface area (Å²) in [5.74, 6) is -0.676. The summed E-state index contributed by atoms with van der Waals surface area (Å²) in [7, 11) is -1.12. The summed E-state index contributed by atoms with van der Waals surface area (Å²) >= 11 is 0. The van der Waals surface area contributed by atoms with Crippen LogP contribution in [0.15, 0.2) is 18.2 Å². The number of carbonyl (C=O) groups is 1. The maximum absolute atomic E-state index is 13.5. The van der Waals surface area contributed by atoms with Crippen molar-refractivity contribution in [2.75, 3.05) is 23.4 Å². The summed E-state index contributed by atoms with van der Waals surface area (Å²) in [4.78, 5) is 11.8. The number of amides is 1. The van der Waals surface area contributed by atoms with E-state index in [4.69, 9.17) is 10.5 Å². The highest BCUT2D eigenvalue weighted by molar-refractivity contribution is 7.85. The third kappa shape index (κ3) is 4.25. The standard InChI is InChI=1S/C14H19FN2O3S/c1-9-13(4-6-20-9)21(19)7-5-14(18)17-12-8-10(16)2-3-11(12)15/h2-3,8-9,13H,4-7,16H2,1H3,(H,17,18). The summed E-state index contributed by atoms with van der Waals surface area (Å²) in [6.45, 7) is 2.50. The van der Waals surface area contributed by atoms with Gasteiger partial charge in [-0.2, -0.15) is 0 Å². The number of nitrogens with one attached hydrogen (secondary N) is 1. The van der Waals surface area contributed by atoms with Crippen LogP contribution in [-0.4, -0.2) is 33.8 Å². The molecule has 1 aromatic carbocycles. The molecule has 0 radical (unpaired) electrons. The van der Waals surface area contributed by atoms with E-state index in [1.165, 1.54) is 18.2 Å². The lowest BCUT2D eigenvalue weighted by Gasteiger charge is -2.13. The first-order valence-electron chi connectivity index (χ1n) is 6.81. The Hall–Kier alpha value is -1.47. The molecule has 21 heavy (non-hydrogen) atoms. The van der Waals surface area contributed by atoms with Gasteiger partial charge in [-0.3, -0.25) is 9.00 Å². The average Bonchev–Trinajstić information content (AvgIpc) is 2.86. The van der Waals surface area contributed by atoms with Crippen molar-refractivity contribution >= 4 is 28.1 Å². The monoisotopic (exact) mass is 314 g/mol. The lowest BCUT2D eigenvalue weighted by Crippen LogP contribution is -2.26. The lowest BCUT2D eigenvalue weighted by atomic mass is 10.2. The number of ether oxygens (including phenoxy) is 1. The van der Waals surface area contributed by atoms with Gasteiger partial charge in [0.1, 0.15) is 5.82 Å². The van der Waals surface area contributed by atoms with Crippen LogP contribution in [0.25, 0.3) is 0 Å². The van der Waals surface area contributed by atoms with Crippen LogP contribution in [0.4, 0.5) is 15.8 Å². The van der Waals surface area contributed by atoms with Gasteiger partial charge in [-0.05, 0) is 31.5 Å². The molecule has 1 aromatic rings. The Balaban J connectivity index is 1.84. The summed E-state index contributed by atoms with van der Waals surface area (Å²) in [6, 6.07) is 3.97. The van der Waals surface area contributed by atoms with Gasteiger partial charge in [0.05, 0.1) is 17.0 Å². The van der Waals surface area contributed by atoms with E-state index in [0.29, 0.717) is 12.3 Å². The molecule has 0 aromatic heterocycles. The Morgan fingerprint density at radius 2 is 2.33 bits per heavy atom. The molecule has 1 heterocycles. The number of nitrogens with two attached hydrogens (primary N) is 1. The molecule has 1 aliphatic heterocycles. The van der Waals surface area contributed by atoms with E-state index in [0.717, 1.165) is 6.42 Å². The van der Waals surface area contributed by atoms with Crippen molar-refractivity contribution in [1.82, 2.24) is 0 Å². The molecule has 2 rings (SSSR count). The fourth-order valence-electron chi connectivity index (χ4n) is 2.25. The van der Waals surface area contributed by atoms with E-state index in [1.54, 1.807) is 0 Å². The van der Waals surface area contributed by atoms with Crippen LogP contribution in [0.1, 0.15) is 19.8 Å². The lowest BCUT2D eigenvalue weighted by molar-refractivity contribution is -0.115. The largest absolute Gasteiger partial charge is 0.399 e. The number of anilines is 2. The van der Waals surface area contributed by atoms with Crippen molar-refractivity contribution in [3.8, 4) is 0 Å². The van der Waals surface area contributed by atoms with Crippen LogP contribution >= 0.6 is 0 Å². The summed E-state index contributed by atoms with van der Waals surface area (Å²) in [6.07, 6.45) is 0.781. The Labute approximate surface area is 125 Å². The predicted molar refractivity (Wildman–Crippen MR) is 80.9 cm³/mol. The second-order valence-electron chi connectivity index (χ2n) is 5.03. The highest BCUT2D eigenvalue weighted by atomic mass is 32.2. The van der Waals surface area contributed by atoms with E-state index >= 15 is 0 Å². The van der Waals surface area contributed by atoms with Crippen LogP contribution < -0.4 is 11.1 Å². The number of rotatable bonds is 5. The number of nitrogen functional groups attached to an aromatic ring is 1. The zero-order chi connectivity index (χ0) is 15.4. The van der Waals surface area contributed by atoms with E-state index in [-0.39, 0.29) is 35.1 Å². The van der Waals surface area contributed by atoms with Crippen LogP contribution in [0.3, 0.4) is 0 Å². The molecule has 3 N–H and O–H groups in total. The van der Waals surface area contributed by atoms with Crippen molar-refractivity contribution in [3.63, 3.8) is 0 Å². The molecule has 3 unspecified atom stereocenters. The molecule has 1 saturated heterocycles. The van der Waals surface area contributed by atoms with Crippen LogP contribution in [0.5, 0.6) is 0 Å². The van der Waals surface area contributed by atoms with E-state index in [9.17, 15) is 13.4 Å². The molecule has 0 aliphatic carbocycles. The van der Waals surface area contributed by atoms with Crippen LogP contribution in [-0.2, 0) is 20.3 Å². The molecule has 0 saturated carbocycles. The Bertz CT molecular complexity index is 553. The summed E-state index contributed by atoms with van der Waals surface area (Å²) in [5.41, 5.74) is 5.96. The van der Waals surface area contributed by atoms with Gasteiger partial charge < -0.3 is 15.8 Å². The molecule has 3 atom stereocenters. The van der Waals surface area contributed by atoms with E-state index < -0.39 is 16.6 Å². The number of benzene rings is 1. The van der Waals surface area contributed by atoms with Crippen molar-refractivity contribution in [2.45, 2.75) is 31.1 Å². The number of hydrogen-bond donors (Lipinski definition) is 2. The third-order valence-electron chi connectivity index (χ3n) is 3.44. The SMILES string of the molecule is CC1OCCC1S(=O)CCC(=O)Nc1cc(N)ccc1F. The van der Waals surface area contributed by atoms with Gasteiger partial charge in [-0.1, -0.05) is 0 Å². The van der Waals surface area contributed by atoms with E-state index in [2.05, 4.69) is 5.32 Å². The zero-order valence-corrected chi connectivity index (χ0v) is 12.6. The molecular formula is C14H19FN2O3S. The van der Waals surface area contributed by atoms with Gasteiger partial charge in [-0.15, -0.1) is 0 Å². The molecule has 0 bridgehead atoms. The maximum Gasteiger partial charge on any atom is 0.225 e. The molecule has 1 aliphatic rings. The second-order valence-corrected chi connectivity index (χ2v) is 6.80. The smallest absolute Gasteiger partial charge is 0.225 e. The highest BCUT2D eigenvalue weighted by Crippen LogP contribution is 2.20. The first-order chi connectivity index (χ1) is 9.97. The van der Waals surface area contributed by atoms with Crippen molar-refractivity contribution in [3.05, 3.63) is 24.0 Å². The summed E-state index contributed by atoms with van der Waals surface area (Å²) < 4.78 is 30.9. The molecule has 0 spiro atoms. The first kappa shape index (κ1) is 15.9. The fourth-order valence-corrected chi connectivity index (χ4v) is 3.81. The summed E-state index contributed by atoms with van der Waals surface area (Å²) in [5, 5.41) is 2.42. The van der Waals surface area contributed by atoms with Crippen LogP contribution in [0.2, 0.25) is 0 Å². The van der Waals surface area contributed by atoms with Gasteiger partial charge in [-0.25, -0.2) is 4.39 Å². The van der Waals surface area contributed by atoms with Crippen LogP contribution in [0, 0.1) is 5.82 Å². The van der Waals surface area contributed by atoms with Gasteiger partial charge in [0, 0.05) is 35.3 Å². The minimum Gasteiger partial charge on any atom is -0.399 e. The molecule has 1 fully saturated rings. The quantitative estimate of drug-likeness (QED) is 0.810. The van der Waals surface area contributed by atoms with Gasteiger partial charge in [0.2, 0.25) is 5.91 Å². The Kier molecular flexibility index (Phi) is 5.30. The fraction of sp³-hybridized carbons (Fsp3) is 0.500. The van der Waals surface area contributed by atoms with Gasteiger partial charge >= 0.3 is 0 Å². The van der Waals surface area contributed by atoms with Crippen molar-refractivity contribution in [2.24, 2.45) is 0 Å². The van der Waals surface area contributed by atoms with Crippen molar-refractivity contribution in [1.29, 1.82) is 0 Å². The second kappa shape index (κ2) is 7.00. The van der Waals surface area contributed by atoms with Gasteiger partial charge in [0.25, 0.3) is 0 Å². The third-order valence-corrected chi connectivity index (χ3v) is 5.34. The minimum atomic E-state index is -1.12. The van der Waals surface area contributed by atoms with E-state index in [1.807, 2.05) is 6.92 Å². The number of carbonyl (C=O) groups excluding carboxylic acids is 1. The zero-order valence-electron chi connectivity index (χ0n) is 11.8. The topological polar surface area (TPSA) is 81.4 Å². The Morgan fingerprint density at radius 3 is 3.00 bits per heavy atom. The molecule has 7 heteroatoms. The normalized spacial score (nSPS) is 23.0. The maximum atomic E-state index is 13.5. The average molecular weight is 314 g/mol. The van der Waals surface area contributed by atoms with Crippen molar-refractivity contribution < 1.29 is 18.1 Å². The number of halogens is 1. The number of hydrogen-bond acceptors (Lipinski definition) is 4. The first-order valence-corrected chi connectivity index (χ1v) is 8.19.